The first-order valence-corrected chi connectivity index (χ1v) is 9.64. The van der Waals surface area contributed by atoms with Crippen LogP contribution in [0.15, 0.2) is 58.4 Å². The molecule has 0 saturated carbocycles. The lowest BCUT2D eigenvalue weighted by Gasteiger charge is -2.24. The summed E-state index contributed by atoms with van der Waals surface area (Å²) in [5, 5.41) is 5.21. The Morgan fingerprint density at radius 3 is 2.52 bits per heavy atom. The van der Waals surface area contributed by atoms with Crippen molar-refractivity contribution < 1.29 is 9.53 Å². The van der Waals surface area contributed by atoms with E-state index < -0.39 is 0 Å². The van der Waals surface area contributed by atoms with Crippen LogP contribution >= 0.6 is 27.3 Å². The topological polar surface area (TPSA) is 38.3 Å². The van der Waals surface area contributed by atoms with Gasteiger partial charge in [0.15, 0.2) is 0 Å². The van der Waals surface area contributed by atoms with Crippen LogP contribution in [0.25, 0.3) is 11.1 Å². The standard InChI is InChI=1S/C20H16BrNO2S/c1-24-15-8-4-13(5-9-15)17-11-25-20-16(10-18(23)22-19(17)20)12-2-6-14(21)7-3-12/h2-9,11,16H,10H2,1H3,(H,22,23)/t16-/m0/s1. The molecule has 1 aliphatic heterocycles. The minimum atomic E-state index is 0.0635. The molecule has 1 aliphatic rings. The molecule has 1 atom stereocenters. The van der Waals surface area contributed by atoms with Crippen LogP contribution in [0.5, 0.6) is 5.75 Å². The van der Waals surface area contributed by atoms with Gasteiger partial charge in [-0.2, -0.15) is 0 Å². The van der Waals surface area contributed by atoms with Gasteiger partial charge in [0, 0.05) is 32.6 Å². The van der Waals surface area contributed by atoms with Gasteiger partial charge in [-0.3, -0.25) is 4.79 Å². The maximum Gasteiger partial charge on any atom is 0.225 e. The monoisotopic (exact) mass is 413 g/mol. The zero-order chi connectivity index (χ0) is 17.4. The van der Waals surface area contributed by atoms with Crippen molar-refractivity contribution in [3.63, 3.8) is 0 Å². The van der Waals surface area contributed by atoms with E-state index in [9.17, 15) is 4.79 Å². The van der Waals surface area contributed by atoms with Crippen molar-refractivity contribution in [1.82, 2.24) is 0 Å². The number of anilines is 1. The summed E-state index contributed by atoms with van der Waals surface area (Å²) in [6.07, 6.45) is 0.483. The van der Waals surface area contributed by atoms with E-state index in [2.05, 4.69) is 38.8 Å². The summed E-state index contributed by atoms with van der Waals surface area (Å²) in [6, 6.07) is 16.2. The smallest absolute Gasteiger partial charge is 0.225 e. The minimum absolute atomic E-state index is 0.0635. The second-order valence-electron chi connectivity index (χ2n) is 5.97. The third-order valence-electron chi connectivity index (χ3n) is 4.46. The predicted molar refractivity (Wildman–Crippen MR) is 106 cm³/mol. The third-order valence-corrected chi connectivity index (χ3v) is 6.09. The van der Waals surface area contributed by atoms with E-state index in [0.29, 0.717) is 6.42 Å². The number of methoxy groups -OCH3 is 1. The van der Waals surface area contributed by atoms with Crippen molar-refractivity contribution in [3.05, 3.63) is 68.8 Å². The molecule has 5 heteroatoms. The first-order chi connectivity index (χ1) is 12.2. The zero-order valence-corrected chi connectivity index (χ0v) is 16.0. The van der Waals surface area contributed by atoms with Crippen molar-refractivity contribution >= 4 is 38.9 Å². The molecule has 1 aromatic heterocycles. The van der Waals surface area contributed by atoms with E-state index in [1.807, 2.05) is 36.4 Å². The summed E-state index contributed by atoms with van der Waals surface area (Å²) in [7, 11) is 1.66. The number of nitrogens with one attached hydrogen (secondary N) is 1. The van der Waals surface area contributed by atoms with Crippen LogP contribution in [0, 0.1) is 0 Å². The number of hydrogen-bond donors (Lipinski definition) is 1. The molecule has 0 saturated heterocycles. The first-order valence-electron chi connectivity index (χ1n) is 7.97. The molecule has 0 radical (unpaired) electrons. The lowest BCUT2D eigenvalue weighted by molar-refractivity contribution is -0.116. The van der Waals surface area contributed by atoms with Gasteiger partial charge in [0.25, 0.3) is 0 Å². The SMILES string of the molecule is COc1ccc(-c2csc3c2NC(=O)C[C@H]3c2ccc(Br)cc2)cc1. The molecule has 4 rings (SSSR count). The highest BCUT2D eigenvalue weighted by Gasteiger charge is 2.30. The van der Waals surface area contributed by atoms with Crippen LogP contribution in [0.3, 0.4) is 0 Å². The second kappa shape index (κ2) is 6.65. The van der Waals surface area contributed by atoms with Crippen LogP contribution in [0.2, 0.25) is 0 Å². The number of hydrogen-bond acceptors (Lipinski definition) is 3. The zero-order valence-electron chi connectivity index (χ0n) is 13.6. The van der Waals surface area contributed by atoms with Crippen molar-refractivity contribution in [2.24, 2.45) is 0 Å². The maximum absolute atomic E-state index is 12.3. The molecule has 3 aromatic rings. The van der Waals surface area contributed by atoms with Gasteiger partial charge in [-0.15, -0.1) is 11.3 Å². The van der Waals surface area contributed by atoms with Crippen molar-refractivity contribution in [2.45, 2.75) is 12.3 Å². The number of halogens is 1. The van der Waals surface area contributed by atoms with Gasteiger partial charge in [-0.25, -0.2) is 0 Å². The Balaban J connectivity index is 1.76. The molecule has 2 aromatic carbocycles. The number of benzene rings is 2. The van der Waals surface area contributed by atoms with E-state index in [-0.39, 0.29) is 11.8 Å². The first kappa shape index (κ1) is 16.4. The van der Waals surface area contributed by atoms with Crippen LogP contribution in [-0.4, -0.2) is 13.0 Å². The Kier molecular flexibility index (Phi) is 4.36. The number of carbonyl (C=O) groups is 1. The summed E-state index contributed by atoms with van der Waals surface area (Å²) < 4.78 is 6.27. The molecule has 25 heavy (non-hydrogen) atoms. The van der Waals surface area contributed by atoms with Gasteiger partial charge in [0.2, 0.25) is 5.91 Å². The fraction of sp³-hybridized carbons (Fsp3) is 0.150. The van der Waals surface area contributed by atoms with Crippen LogP contribution in [0.4, 0.5) is 5.69 Å². The van der Waals surface area contributed by atoms with Crippen molar-refractivity contribution in [2.75, 3.05) is 12.4 Å². The Morgan fingerprint density at radius 2 is 1.84 bits per heavy atom. The molecule has 2 heterocycles. The lowest BCUT2D eigenvalue weighted by atomic mass is 9.89. The van der Waals surface area contributed by atoms with Gasteiger partial charge in [0.05, 0.1) is 12.8 Å². The number of carbonyl (C=O) groups excluding carboxylic acids is 1. The van der Waals surface area contributed by atoms with E-state index in [1.54, 1.807) is 18.4 Å². The summed E-state index contributed by atoms with van der Waals surface area (Å²) in [4.78, 5) is 13.5. The highest BCUT2D eigenvalue weighted by Crippen LogP contribution is 2.46. The number of ether oxygens (including phenoxy) is 1. The molecular formula is C20H16BrNO2S. The molecule has 0 fully saturated rings. The van der Waals surface area contributed by atoms with Gasteiger partial charge in [-0.1, -0.05) is 40.2 Å². The predicted octanol–water partition coefficient (Wildman–Crippen LogP) is 5.66. The van der Waals surface area contributed by atoms with E-state index in [1.165, 1.54) is 10.4 Å². The number of rotatable bonds is 3. The summed E-state index contributed by atoms with van der Waals surface area (Å²) in [6.45, 7) is 0. The number of thiophene rings is 1. The highest BCUT2D eigenvalue weighted by atomic mass is 79.9. The van der Waals surface area contributed by atoms with E-state index >= 15 is 0 Å². The fourth-order valence-corrected chi connectivity index (χ4v) is 4.60. The van der Waals surface area contributed by atoms with Crippen molar-refractivity contribution in [3.8, 4) is 16.9 Å². The lowest BCUT2D eigenvalue weighted by Crippen LogP contribution is -2.22. The number of amides is 1. The molecule has 126 valence electrons. The molecule has 3 nitrogen and oxygen atoms in total. The second-order valence-corrected chi connectivity index (χ2v) is 7.80. The molecule has 1 N–H and O–H groups in total. The Morgan fingerprint density at radius 1 is 1.12 bits per heavy atom. The molecule has 0 spiro atoms. The quantitative estimate of drug-likeness (QED) is 0.601. The van der Waals surface area contributed by atoms with E-state index in [0.717, 1.165) is 27.0 Å². The van der Waals surface area contributed by atoms with Gasteiger partial charge in [0.1, 0.15) is 5.75 Å². The Bertz CT molecular complexity index is 916. The molecule has 1 amide bonds. The van der Waals surface area contributed by atoms with Crippen LogP contribution in [-0.2, 0) is 4.79 Å². The highest BCUT2D eigenvalue weighted by molar-refractivity contribution is 9.10. The average molecular weight is 414 g/mol. The number of fused-ring (bicyclic) bond motifs is 1. The average Bonchev–Trinajstić information content (AvgIpc) is 3.05. The molecule has 0 bridgehead atoms. The third kappa shape index (κ3) is 3.10. The van der Waals surface area contributed by atoms with Gasteiger partial charge < -0.3 is 10.1 Å². The maximum atomic E-state index is 12.3. The summed E-state index contributed by atoms with van der Waals surface area (Å²) in [5.41, 5.74) is 4.26. The Labute approximate surface area is 158 Å². The molecule has 0 aliphatic carbocycles. The fourth-order valence-electron chi connectivity index (χ4n) is 3.17. The molecule has 0 unspecified atom stereocenters. The molecular weight excluding hydrogens is 398 g/mol. The summed E-state index contributed by atoms with van der Waals surface area (Å²) in [5.74, 6) is 0.993. The van der Waals surface area contributed by atoms with Gasteiger partial charge >= 0.3 is 0 Å². The van der Waals surface area contributed by atoms with E-state index in [4.69, 9.17) is 4.74 Å². The van der Waals surface area contributed by atoms with Crippen LogP contribution < -0.4 is 10.1 Å². The normalized spacial score (nSPS) is 16.2. The minimum Gasteiger partial charge on any atom is -0.497 e. The Hall–Kier alpha value is -2.11. The largest absolute Gasteiger partial charge is 0.497 e. The van der Waals surface area contributed by atoms with Crippen molar-refractivity contribution in [1.29, 1.82) is 0 Å². The van der Waals surface area contributed by atoms with Gasteiger partial charge in [-0.05, 0) is 35.4 Å². The summed E-state index contributed by atoms with van der Waals surface area (Å²) >= 11 is 5.18. The van der Waals surface area contributed by atoms with Crippen LogP contribution in [0.1, 0.15) is 22.8 Å².